The van der Waals surface area contributed by atoms with E-state index in [4.69, 9.17) is 18.7 Å². The lowest BCUT2D eigenvalue weighted by atomic mass is 9.91. The number of hydrogen-bond donors (Lipinski definition) is 0. The Morgan fingerprint density at radius 2 is 0.725 bits per heavy atom. The van der Waals surface area contributed by atoms with E-state index in [2.05, 4.69) is 0 Å². The van der Waals surface area contributed by atoms with Gasteiger partial charge in [0, 0.05) is 6.92 Å². The van der Waals surface area contributed by atoms with Crippen molar-refractivity contribution in [2.45, 2.75) is 69.0 Å². The molecule has 0 spiro atoms. The molecule has 0 bridgehead atoms. The summed E-state index contributed by atoms with van der Waals surface area (Å²) in [7, 11) is 0.176. The van der Waals surface area contributed by atoms with E-state index >= 15 is 0 Å². The number of halogens is 24. The van der Waals surface area contributed by atoms with Gasteiger partial charge in [0.15, 0.2) is 0 Å². The Balaban J connectivity index is 0.000000768. The molecule has 0 saturated heterocycles. The van der Waals surface area contributed by atoms with Crippen LogP contribution in [-0.2, 0) is 59.9 Å². The number of nitrogens with zero attached hydrogens (tertiary/aromatic N) is 1. The fourth-order valence-corrected chi connectivity index (χ4v) is 5.64. The van der Waals surface area contributed by atoms with Gasteiger partial charge in [0.05, 0.1) is 66.7 Å². The first kappa shape index (κ1) is 57.9. The van der Waals surface area contributed by atoms with Crippen molar-refractivity contribution in [2.24, 2.45) is 0 Å². The Labute approximate surface area is 372 Å². The third kappa shape index (κ3) is 15.0. The smallest absolute Gasteiger partial charge is 0.490 e. The molecule has 69 heavy (non-hydrogen) atoms. The average Bonchev–Trinajstić information content (AvgIpc) is 3.14. The summed E-state index contributed by atoms with van der Waals surface area (Å²) in [5.41, 5.74) is -19.3. The number of ether oxygens (including phenoxy) is 1. The Hall–Kier alpha value is -5.42. The summed E-state index contributed by atoms with van der Waals surface area (Å²) in [6, 6.07) is 0.550. The van der Waals surface area contributed by atoms with Gasteiger partial charge < -0.3 is 18.7 Å². The predicted octanol–water partition coefficient (Wildman–Crippen LogP) is 14.8. The fourth-order valence-electron chi connectivity index (χ4n) is 5.64. The van der Waals surface area contributed by atoms with Crippen LogP contribution < -0.4 is 14.0 Å². The molecule has 0 aromatic heterocycles. The molecule has 4 aromatic carbocycles. The highest BCUT2D eigenvalue weighted by molar-refractivity contribution is 6.39. The Morgan fingerprint density at radius 3 is 1.00 bits per heavy atom. The molecule has 1 unspecified atom stereocenters. The number of quaternary nitrogens is 1. The van der Waals surface area contributed by atoms with Crippen molar-refractivity contribution in [2.75, 3.05) is 27.7 Å². The molecule has 4 rings (SSSR count). The first-order chi connectivity index (χ1) is 30.7. The summed E-state index contributed by atoms with van der Waals surface area (Å²) in [6.07, 6.45) is -43.3. The number of rotatable bonds is 10. The van der Waals surface area contributed by atoms with Crippen molar-refractivity contribution in [1.82, 2.24) is 0 Å². The monoisotopic (exact) mass is 1040 g/mol. The Kier molecular flexibility index (Phi) is 16.3. The van der Waals surface area contributed by atoms with Crippen LogP contribution in [0.1, 0.15) is 63.9 Å². The standard InChI is InChI=1S/C31H25BF18NO4.C8H3F6/c1-6-52-25(2,51(3,4)5)24-22(31(48,49)50)13-19(30(45,46)47)14-23(24)55-32(53-20-9-15(26(33,34)35)7-16(10-20)27(36,37)38)54-21-11-17(28(39,40)41)8-18(12-21)29(42,43)44;9-7(10,11)5-2-1-3-6(4-5)8(12,13)14/h7-14H,6H2,1-5H3;2-4H/q+1;-1. The Bertz CT molecular complexity index is 2240. The van der Waals surface area contributed by atoms with E-state index < -0.39 is 159 Å². The fraction of sp³-hybridized carbons (Fsp3) is 0.385. The summed E-state index contributed by atoms with van der Waals surface area (Å²) in [5, 5.41) is 0. The van der Waals surface area contributed by atoms with Crippen LogP contribution in [0, 0.1) is 6.07 Å². The second-order valence-corrected chi connectivity index (χ2v) is 15.0. The summed E-state index contributed by atoms with van der Waals surface area (Å²) >= 11 is 0. The minimum absolute atomic E-state index is 0.0521. The molecule has 0 aliphatic carbocycles. The van der Waals surface area contributed by atoms with Crippen LogP contribution in [0.25, 0.3) is 0 Å². The van der Waals surface area contributed by atoms with Gasteiger partial charge in [-0.1, -0.05) is 11.1 Å². The molecule has 0 saturated carbocycles. The van der Waals surface area contributed by atoms with E-state index in [1.807, 2.05) is 0 Å². The minimum atomic E-state index is -5.73. The number of hydrogen-bond acceptors (Lipinski definition) is 4. The molecule has 0 heterocycles. The van der Waals surface area contributed by atoms with Crippen molar-refractivity contribution in [1.29, 1.82) is 0 Å². The second-order valence-electron chi connectivity index (χ2n) is 15.0. The molecule has 384 valence electrons. The molecule has 0 aliphatic rings. The Morgan fingerprint density at radius 1 is 0.420 bits per heavy atom. The highest BCUT2D eigenvalue weighted by atomic mass is 19.4. The maximum absolute atomic E-state index is 14.6. The zero-order valence-electron chi connectivity index (χ0n) is 34.8. The lowest BCUT2D eigenvalue weighted by Crippen LogP contribution is -2.55. The summed E-state index contributed by atoms with van der Waals surface area (Å²) in [5.74, 6) is -4.89. The van der Waals surface area contributed by atoms with Gasteiger partial charge in [0.25, 0.3) is 0 Å². The molecule has 30 heteroatoms. The van der Waals surface area contributed by atoms with E-state index in [-0.39, 0.29) is 36.4 Å². The summed E-state index contributed by atoms with van der Waals surface area (Å²) in [4.78, 5) is 0. The van der Waals surface area contributed by atoms with Crippen LogP contribution in [0.15, 0.2) is 66.7 Å². The molecule has 4 aromatic rings. The first-order valence-electron chi connectivity index (χ1n) is 18.2. The van der Waals surface area contributed by atoms with Crippen LogP contribution in [0.2, 0.25) is 0 Å². The van der Waals surface area contributed by atoms with Crippen LogP contribution >= 0.6 is 0 Å². The van der Waals surface area contributed by atoms with E-state index in [0.29, 0.717) is 12.1 Å². The van der Waals surface area contributed by atoms with Crippen molar-refractivity contribution in [3.63, 3.8) is 0 Å². The van der Waals surface area contributed by atoms with E-state index in [0.717, 1.165) is 6.92 Å². The third-order valence-corrected chi connectivity index (χ3v) is 9.16. The highest BCUT2D eigenvalue weighted by Gasteiger charge is 2.53. The first-order valence-corrected chi connectivity index (χ1v) is 18.2. The zero-order valence-corrected chi connectivity index (χ0v) is 34.8. The van der Waals surface area contributed by atoms with Crippen molar-refractivity contribution < 1.29 is 129 Å². The van der Waals surface area contributed by atoms with Gasteiger partial charge in [-0.15, -0.1) is 6.07 Å². The lowest BCUT2D eigenvalue weighted by Gasteiger charge is -2.44. The van der Waals surface area contributed by atoms with Crippen molar-refractivity contribution in [3.8, 4) is 17.2 Å². The zero-order chi connectivity index (χ0) is 53.5. The average molecular weight is 1040 g/mol. The van der Waals surface area contributed by atoms with Gasteiger partial charge in [-0.25, -0.2) is 0 Å². The van der Waals surface area contributed by atoms with E-state index in [1.54, 1.807) is 6.07 Å². The topological polar surface area (TPSA) is 36.9 Å². The second kappa shape index (κ2) is 19.4. The van der Waals surface area contributed by atoms with Crippen LogP contribution in [-0.4, -0.2) is 39.6 Å². The van der Waals surface area contributed by atoms with E-state index in [1.165, 1.54) is 28.1 Å². The predicted molar refractivity (Wildman–Crippen MR) is 189 cm³/mol. The molecule has 0 fully saturated rings. The maximum Gasteiger partial charge on any atom is 0.864 e. The number of benzene rings is 4. The molecule has 1 atom stereocenters. The molecule has 0 N–H and O–H groups in total. The van der Waals surface area contributed by atoms with Crippen LogP contribution in [0.5, 0.6) is 17.2 Å². The van der Waals surface area contributed by atoms with Gasteiger partial charge in [-0.3, -0.25) is 4.48 Å². The molecule has 0 amide bonds. The summed E-state index contributed by atoms with van der Waals surface area (Å²) < 4.78 is 341. The summed E-state index contributed by atoms with van der Waals surface area (Å²) in [6.45, 7) is 1.66. The molecular weight excluding hydrogens is 1010 g/mol. The van der Waals surface area contributed by atoms with Crippen molar-refractivity contribution in [3.05, 3.63) is 123 Å². The quantitative estimate of drug-likeness (QED) is 0.0521. The molecular formula is C39H28BF24NO4. The van der Waals surface area contributed by atoms with Crippen LogP contribution in [0.4, 0.5) is 105 Å². The number of alkyl halides is 24. The lowest BCUT2D eigenvalue weighted by molar-refractivity contribution is -0.958. The third-order valence-electron chi connectivity index (χ3n) is 9.16. The van der Waals surface area contributed by atoms with Gasteiger partial charge in [0.1, 0.15) is 17.2 Å². The SMILES string of the molecule is CCOC(C)(c1c(OB(Oc2cc(C(F)(F)F)cc(C(F)(F)F)c2)Oc2cc(C(F)(F)F)cc(C(F)(F)F)c2)cc(C(F)(F)F)cc1C(F)(F)F)[N+](C)(C)C.FC(F)(F)c1c[c-]cc(C(F)(F)F)c1. The van der Waals surface area contributed by atoms with Gasteiger partial charge in [0.2, 0.25) is 5.72 Å². The minimum Gasteiger partial charge on any atom is -0.490 e. The molecule has 0 aliphatic heterocycles. The maximum atomic E-state index is 14.6. The molecule has 5 nitrogen and oxygen atoms in total. The normalized spacial score (nSPS) is 14.4. The highest BCUT2D eigenvalue weighted by Crippen LogP contribution is 2.49. The van der Waals surface area contributed by atoms with Crippen molar-refractivity contribution >= 4 is 7.32 Å². The van der Waals surface area contributed by atoms with Crippen LogP contribution in [0.3, 0.4) is 0 Å². The van der Waals surface area contributed by atoms with Gasteiger partial charge >= 0.3 is 56.7 Å². The van der Waals surface area contributed by atoms with Gasteiger partial charge in [-0.05, 0) is 55.5 Å². The largest absolute Gasteiger partial charge is 0.864 e. The molecule has 0 radical (unpaired) electrons. The van der Waals surface area contributed by atoms with E-state index in [9.17, 15) is 105 Å². The van der Waals surface area contributed by atoms with Gasteiger partial charge in [-0.2, -0.15) is 124 Å².